The Labute approximate surface area is 95.5 Å². The first-order chi connectivity index (χ1) is 7.88. The number of nitriles is 2. The number of nitrogens with one attached hydrogen (secondary N) is 1. The van der Waals surface area contributed by atoms with Crippen LogP contribution in [-0.2, 0) is 0 Å². The molecule has 0 saturated carbocycles. The number of nitrogens with zero attached hydrogens (tertiary/aromatic N) is 3. The van der Waals surface area contributed by atoms with Gasteiger partial charge in [0, 0.05) is 19.2 Å². The third-order valence-electron chi connectivity index (χ3n) is 2.19. The summed E-state index contributed by atoms with van der Waals surface area (Å²) >= 11 is 0. The lowest BCUT2D eigenvalue weighted by Crippen LogP contribution is -2.04. The van der Waals surface area contributed by atoms with E-state index in [4.69, 9.17) is 10.5 Å². The van der Waals surface area contributed by atoms with Crippen molar-refractivity contribution in [1.82, 2.24) is 4.98 Å². The summed E-state index contributed by atoms with van der Waals surface area (Å²) in [6.45, 7) is 0.789. The van der Waals surface area contributed by atoms with Crippen LogP contribution < -0.4 is 5.32 Å². The Kier molecular flexibility index (Phi) is 5.44. The Balaban J connectivity index is 2.27. The maximum atomic E-state index is 8.83. The fourth-order valence-electron chi connectivity index (χ4n) is 1.35. The van der Waals surface area contributed by atoms with E-state index in [0.29, 0.717) is 17.8 Å². The zero-order chi connectivity index (χ0) is 11.6. The van der Waals surface area contributed by atoms with E-state index in [0.717, 1.165) is 25.8 Å². The number of hydrogen-bond acceptors (Lipinski definition) is 4. The van der Waals surface area contributed by atoms with Gasteiger partial charge in [-0.05, 0) is 25.0 Å². The van der Waals surface area contributed by atoms with Crippen molar-refractivity contribution in [3.63, 3.8) is 0 Å². The maximum Gasteiger partial charge on any atom is 0.143 e. The maximum absolute atomic E-state index is 8.83. The summed E-state index contributed by atoms with van der Waals surface area (Å²) in [4.78, 5) is 4.10. The minimum absolute atomic E-state index is 0.569. The quantitative estimate of drug-likeness (QED) is 0.738. The predicted octanol–water partition coefficient (Wildman–Crippen LogP) is 2.45. The van der Waals surface area contributed by atoms with Crippen LogP contribution in [0.5, 0.6) is 0 Å². The molecule has 0 unspecified atom stereocenters. The lowest BCUT2D eigenvalue weighted by molar-refractivity contribution is 0.711. The molecule has 1 aromatic heterocycles. The van der Waals surface area contributed by atoms with Gasteiger partial charge in [0.05, 0.1) is 11.6 Å². The number of hydrogen-bond donors (Lipinski definition) is 1. The van der Waals surface area contributed by atoms with Gasteiger partial charge in [-0.1, -0.05) is 6.42 Å². The van der Waals surface area contributed by atoms with Crippen molar-refractivity contribution < 1.29 is 0 Å². The highest BCUT2D eigenvalue weighted by atomic mass is 15.0. The predicted molar refractivity (Wildman–Crippen MR) is 61.5 cm³/mol. The van der Waals surface area contributed by atoms with Crippen LogP contribution in [0.15, 0.2) is 18.3 Å². The SMILES string of the molecule is N#CCCCCCNc1ncccc1C#N. The highest BCUT2D eigenvalue weighted by Gasteiger charge is 2.00. The average molecular weight is 214 g/mol. The van der Waals surface area contributed by atoms with E-state index in [2.05, 4.69) is 22.4 Å². The highest BCUT2D eigenvalue weighted by molar-refractivity contribution is 5.50. The molecule has 82 valence electrons. The molecule has 0 radical (unpaired) electrons. The molecule has 0 amide bonds. The van der Waals surface area contributed by atoms with Crippen LogP contribution in [0, 0.1) is 22.7 Å². The summed E-state index contributed by atoms with van der Waals surface area (Å²) in [5.41, 5.74) is 0.569. The number of anilines is 1. The Morgan fingerprint density at radius 3 is 2.88 bits per heavy atom. The third kappa shape index (κ3) is 3.98. The van der Waals surface area contributed by atoms with Crippen molar-refractivity contribution >= 4 is 5.82 Å². The van der Waals surface area contributed by atoms with Crippen LogP contribution in [-0.4, -0.2) is 11.5 Å². The average Bonchev–Trinajstić information content (AvgIpc) is 2.34. The van der Waals surface area contributed by atoms with Crippen molar-refractivity contribution in [3.8, 4) is 12.1 Å². The van der Waals surface area contributed by atoms with E-state index >= 15 is 0 Å². The van der Waals surface area contributed by atoms with Crippen LogP contribution in [0.2, 0.25) is 0 Å². The molecule has 0 aromatic carbocycles. The smallest absolute Gasteiger partial charge is 0.143 e. The van der Waals surface area contributed by atoms with Crippen molar-refractivity contribution in [2.75, 3.05) is 11.9 Å². The second kappa shape index (κ2) is 7.25. The topological polar surface area (TPSA) is 72.5 Å². The first kappa shape index (κ1) is 12.0. The van der Waals surface area contributed by atoms with Crippen molar-refractivity contribution in [2.24, 2.45) is 0 Å². The molecule has 0 saturated heterocycles. The minimum Gasteiger partial charge on any atom is -0.369 e. The van der Waals surface area contributed by atoms with E-state index in [1.54, 1.807) is 18.3 Å². The summed E-state index contributed by atoms with van der Waals surface area (Å²) in [6, 6.07) is 7.70. The van der Waals surface area contributed by atoms with Crippen molar-refractivity contribution in [1.29, 1.82) is 10.5 Å². The Bertz CT molecular complexity index is 400. The van der Waals surface area contributed by atoms with Crippen LogP contribution in [0.25, 0.3) is 0 Å². The molecule has 0 fully saturated rings. The molecule has 0 aliphatic carbocycles. The number of rotatable bonds is 6. The minimum atomic E-state index is 0.569. The van der Waals surface area contributed by atoms with Gasteiger partial charge in [0.25, 0.3) is 0 Å². The highest BCUT2D eigenvalue weighted by Crippen LogP contribution is 2.09. The van der Waals surface area contributed by atoms with Gasteiger partial charge in [0.2, 0.25) is 0 Å². The summed E-state index contributed by atoms with van der Waals surface area (Å²) in [7, 11) is 0. The Hall–Kier alpha value is -2.07. The molecule has 1 N–H and O–H groups in total. The summed E-state index contributed by atoms with van der Waals surface area (Å²) < 4.78 is 0. The third-order valence-corrected chi connectivity index (χ3v) is 2.19. The van der Waals surface area contributed by atoms with Gasteiger partial charge in [-0.25, -0.2) is 4.98 Å². The van der Waals surface area contributed by atoms with Gasteiger partial charge < -0.3 is 5.32 Å². The molecule has 4 nitrogen and oxygen atoms in total. The lowest BCUT2D eigenvalue weighted by Gasteiger charge is -2.05. The lowest BCUT2D eigenvalue weighted by atomic mass is 10.2. The van der Waals surface area contributed by atoms with Gasteiger partial charge in [0.15, 0.2) is 0 Å². The summed E-state index contributed by atoms with van der Waals surface area (Å²) in [5, 5.41) is 20.3. The van der Waals surface area contributed by atoms with Crippen LogP contribution in [0.3, 0.4) is 0 Å². The van der Waals surface area contributed by atoms with Crippen molar-refractivity contribution in [2.45, 2.75) is 25.7 Å². The van der Waals surface area contributed by atoms with E-state index in [-0.39, 0.29) is 0 Å². The normalized spacial score (nSPS) is 9.12. The summed E-state index contributed by atoms with van der Waals surface area (Å²) in [6.07, 6.45) is 5.23. The van der Waals surface area contributed by atoms with Crippen LogP contribution in [0.4, 0.5) is 5.82 Å². The molecule has 16 heavy (non-hydrogen) atoms. The second-order valence-corrected chi connectivity index (χ2v) is 3.41. The molecule has 0 spiro atoms. The van der Waals surface area contributed by atoms with Gasteiger partial charge >= 0.3 is 0 Å². The first-order valence-electron chi connectivity index (χ1n) is 5.34. The first-order valence-corrected chi connectivity index (χ1v) is 5.34. The van der Waals surface area contributed by atoms with Crippen LogP contribution in [0.1, 0.15) is 31.2 Å². The van der Waals surface area contributed by atoms with E-state index in [9.17, 15) is 0 Å². The molecular weight excluding hydrogens is 200 g/mol. The zero-order valence-corrected chi connectivity index (χ0v) is 9.11. The van der Waals surface area contributed by atoms with Gasteiger partial charge in [0.1, 0.15) is 11.9 Å². The number of pyridine rings is 1. The molecule has 0 atom stereocenters. The zero-order valence-electron chi connectivity index (χ0n) is 9.11. The molecule has 0 bridgehead atoms. The van der Waals surface area contributed by atoms with E-state index in [1.807, 2.05) is 0 Å². The largest absolute Gasteiger partial charge is 0.369 e. The van der Waals surface area contributed by atoms with E-state index in [1.165, 1.54) is 0 Å². The molecule has 0 aliphatic rings. The number of unbranched alkanes of at least 4 members (excludes halogenated alkanes) is 3. The molecule has 4 heteroatoms. The molecule has 1 heterocycles. The Morgan fingerprint density at radius 1 is 1.25 bits per heavy atom. The van der Waals surface area contributed by atoms with Gasteiger partial charge in [-0.3, -0.25) is 0 Å². The van der Waals surface area contributed by atoms with Gasteiger partial charge in [-0.2, -0.15) is 10.5 Å². The second-order valence-electron chi connectivity index (χ2n) is 3.41. The van der Waals surface area contributed by atoms with Gasteiger partial charge in [-0.15, -0.1) is 0 Å². The van der Waals surface area contributed by atoms with E-state index < -0.39 is 0 Å². The fourth-order valence-corrected chi connectivity index (χ4v) is 1.35. The fraction of sp³-hybridized carbons (Fsp3) is 0.417. The van der Waals surface area contributed by atoms with Crippen molar-refractivity contribution in [3.05, 3.63) is 23.9 Å². The summed E-state index contributed by atoms with van der Waals surface area (Å²) in [5.74, 6) is 0.644. The Morgan fingerprint density at radius 2 is 2.12 bits per heavy atom. The molecular formula is C12H14N4. The number of aromatic nitrogens is 1. The van der Waals surface area contributed by atoms with Crippen LogP contribution >= 0.6 is 0 Å². The molecule has 0 aliphatic heterocycles. The molecule has 1 rings (SSSR count). The molecule has 1 aromatic rings. The standard InChI is InChI=1S/C12H14N4/c13-7-3-1-2-4-8-15-12-11(10-14)6-5-9-16-12/h5-6,9H,1-4,8H2,(H,15,16). The monoisotopic (exact) mass is 214 g/mol.